The molecular weight excluding hydrogens is 412 g/mol. The van der Waals surface area contributed by atoms with Gasteiger partial charge in [0.25, 0.3) is 5.91 Å². The highest BCUT2D eigenvalue weighted by atomic mass is 35.5. The van der Waals surface area contributed by atoms with Crippen LogP contribution in [0.5, 0.6) is 0 Å². The van der Waals surface area contributed by atoms with Crippen LogP contribution in [0.25, 0.3) is 16.6 Å². The molecular formula is C22H16Cl2FN3O. The van der Waals surface area contributed by atoms with Crippen LogP contribution in [-0.4, -0.2) is 22.2 Å². The molecule has 0 radical (unpaired) electrons. The Morgan fingerprint density at radius 3 is 2.66 bits per heavy atom. The molecule has 4 aromatic rings. The molecule has 0 aliphatic heterocycles. The van der Waals surface area contributed by atoms with E-state index in [1.807, 2.05) is 18.2 Å². The Balaban J connectivity index is 1.55. The number of benzene rings is 3. The topological polar surface area (TPSA) is 46.9 Å². The normalized spacial score (nSPS) is 11.0. The van der Waals surface area contributed by atoms with Gasteiger partial charge in [0.2, 0.25) is 0 Å². The number of hydrogen-bond acceptors (Lipinski definition) is 2. The van der Waals surface area contributed by atoms with Crippen molar-refractivity contribution in [3.8, 4) is 5.69 Å². The van der Waals surface area contributed by atoms with Crippen molar-refractivity contribution in [2.24, 2.45) is 0 Å². The molecule has 0 saturated heterocycles. The molecule has 4 rings (SSSR count). The summed E-state index contributed by atoms with van der Waals surface area (Å²) in [6.07, 6.45) is 2.20. The molecule has 0 aliphatic rings. The fourth-order valence-electron chi connectivity index (χ4n) is 3.18. The number of hydrogen-bond donors (Lipinski definition) is 1. The quantitative estimate of drug-likeness (QED) is 0.460. The summed E-state index contributed by atoms with van der Waals surface area (Å²) >= 11 is 12.1. The van der Waals surface area contributed by atoms with Crippen LogP contribution in [0, 0.1) is 5.82 Å². The van der Waals surface area contributed by atoms with Gasteiger partial charge in [-0.25, -0.2) is 9.07 Å². The standard InChI is InChI=1S/C22H16Cl2FN3O/c23-19-8-7-16(12-20(19)24)28-21-6-2-5-17(18(21)13-27-28)22(29)26-10-9-14-3-1-4-15(25)11-14/h1-8,11-13H,9-10H2,(H,26,29). The number of carbonyl (C=O) groups excluding carboxylic acids is 1. The third-order valence-corrected chi connectivity index (χ3v) is 5.33. The smallest absolute Gasteiger partial charge is 0.252 e. The van der Waals surface area contributed by atoms with Crippen LogP contribution in [-0.2, 0) is 6.42 Å². The van der Waals surface area contributed by atoms with E-state index in [9.17, 15) is 9.18 Å². The van der Waals surface area contributed by atoms with Crippen LogP contribution >= 0.6 is 23.2 Å². The third kappa shape index (κ3) is 4.11. The minimum Gasteiger partial charge on any atom is -0.352 e. The van der Waals surface area contributed by atoms with Crippen molar-refractivity contribution in [2.45, 2.75) is 6.42 Å². The SMILES string of the molecule is O=C(NCCc1cccc(F)c1)c1cccc2c1cnn2-c1ccc(Cl)c(Cl)c1. The Morgan fingerprint density at radius 1 is 1.03 bits per heavy atom. The summed E-state index contributed by atoms with van der Waals surface area (Å²) in [4.78, 5) is 12.7. The maximum absolute atomic E-state index is 13.3. The monoisotopic (exact) mass is 427 g/mol. The van der Waals surface area contributed by atoms with E-state index in [1.54, 1.807) is 41.2 Å². The molecule has 0 aliphatic carbocycles. The summed E-state index contributed by atoms with van der Waals surface area (Å²) in [7, 11) is 0. The van der Waals surface area contributed by atoms with Gasteiger partial charge in [0.05, 0.1) is 33.0 Å². The maximum atomic E-state index is 13.3. The van der Waals surface area contributed by atoms with E-state index in [0.717, 1.165) is 22.2 Å². The summed E-state index contributed by atoms with van der Waals surface area (Å²) in [5.41, 5.74) is 2.88. The van der Waals surface area contributed by atoms with Crippen LogP contribution < -0.4 is 5.32 Å². The molecule has 0 atom stereocenters. The van der Waals surface area contributed by atoms with Crippen molar-refractivity contribution in [3.63, 3.8) is 0 Å². The van der Waals surface area contributed by atoms with Gasteiger partial charge in [0.15, 0.2) is 0 Å². The fraction of sp³-hybridized carbons (Fsp3) is 0.0909. The zero-order chi connectivity index (χ0) is 20.4. The van der Waals surface area contributed by atoms with Crippen LogP contribution in [0.1, 0.15) is 15.9 Å². The third-order valence-electron chi connectivity index (χ3n) is 4.59. The van der Waals surface area contributed by atoms with Crippen LogP contribution in [0.4, 0.5) is 4.39 Å². The van der Waals surface area contributed by atoms with Gasteiger partial charge in [-0.3, -0.25) is 4.79 Å². The Labute approximate surface area is 176 Å². The lowest BCUT2D eigenvalue weighted by Crippen LogP contribution is -2.25. The number of nitrogens with one attached hydrogen (secondary N) is 1. The van der Waals surface area contributed by atoms with Crippen molar-refractivity contribution in [1.82, 2.24) is 15.1 Å². The Morgan fingerprint density at radius 2 is 1.86 bits per heavy atom. The number of aromatic nitrogens is 2. The first-order valence-electron chi connectivity index (χ1n) is 8.98. The van der Waals surface area contributed by atoms with Crippen molar-refractivity contribution in [1.29, 1.82) is 0 Å². The highest BCUT2D eigenvalue weighted by molar-refractivity contribution is 6.42. The summed E-state index contributed by atoms with van der Waals surface area (Å²) in [5.74, 6) is -0.492. The minimum atomic E-state index is -0.284. The zero-order valence-corrected chi connectivity index (χ0v) is 16.7. The second-order valence-corrected chi connectivity index (χ2v) is 7.34. The molecule has 29 heavy (non-hydrogen) atoms. The molecule has 0 bridgehead atoms. The van der Waals surface area contributed by atoms with E-state index in [1.165, 1.54) is 12.1 Å². The van der Waals surface area contributed by atoms with E-state index in [0.29, 0.717) is 28.6 Å². The van der Waals surface area contributed by atoms with Gasteiger partial charge in [0, 0.05) is 11.9 Å². The lowest BCUT2D eigenvalue weighted by molar-refractivity contribution is 0.0956. The predicted molar refractivity (Wildman–Crippen MR) is 114 cm³/mol. The van der Waals surface area contributed by atoms with Gasteiger partial charge in [-0.05, 0) is 54.4 Å². The average molecular weight is 428 g/mol. The van der Waals surface area contributed by atoms with E-state index in [2.05, 4.69) is 10.4 Å². The molecule has 1 heterocycles. The Hall–Kier alpha value is -2.89. The predicted octanol–water partition coefficient (Wildman–Crippen LogP) is 5.44. The van der Waals surface area contributed by atoms with Gasteiger partial charge in [0.1, 0.15) is 5.82 Å². The summed E-state index contributed by atoms with van der Waals surface area (Å²) in [5, 5.41) is 8.91. The molecule has 0 unspecified atom stereocenters. The largest absolute Gasteiger partial charge is 0.352 e. The van der Waals surface area contributed by atoms with Gasteiger partial charge in [-0.15, -0.1) is 0 Å². The number of nitrogens with zero attached hydrogens (tertiary/aromatic N) is 2. The van der Waals surface area contributed by atoms with Crippen LogP contribution in [0.3, 0.4) is 0 Å². The first kappa shape index (κ1) is 19.4. The number of rotatable bonds is 5. The molecule has 1 N–H and O–H groups in total. The molecule has 146 valence electrons. The number of halogens is 3. The second kappa shape index (κ2) is 8.23. The molecule has 7 heteroatoms. The lowest BCUT2D eigenvalue weighted by Gasteiger charge is -2.08. The van der Waals surface area contributed by atoms with E-state index in [-0.39, 0.29) is 11.7 Å². The van der Waals surface area contributed by atoms with E-state index < -0.39 is 0 Å². The molecule has 3 aromatic carbocycles. The van der Waals surface area contributed by atoms with Crippen LogP contribution in [0.15, 0.2) is 66.9 Å². The molecule has 1 aromatic heterocycles. The summed E-state index contributed by atoms with van der Waals surface area (Å²) in [6, 6.07) is 17.0. The van der Waals surface area contributed by atoms with Gasteiger partial charge in [-0.2, -0.15) is 5.10 Å². The van der Waals surface area contributed by atoms with Crippen molar-refractivity contribution in [3.05, 3.63) is 93.8 Å². The van der Waals surface area contributed by atoms with Gasteiger partial charge >= 0.3 is 0 Å². The summed E-state index contributed by atoms with van der Waals surface area (Å²) in [6.45, 7) is 0.402. The lowest BCUT2D eigenvalue weighted by atomic mass is 10.1. The molecule has 0 fully saturated rings. The maximum Gasteiger partial charge on any atom is 0.252 e. The van der Waals surface area contributed by atoms with Crippen LogP contribution in [0.2, 0.25) is 10.0 Å². The Kier molecular flexibility index (Phi) is 5.51. The first-order valence-corrected chi connectivity index (χ1v) is 9.73. The Bertz CT molecular complexity index is 1210. The van der Waals surface area contributed by atoms with Crippen molar-refractivity contribution >= 4 is 40.0 Å². The van der Waals surface area contributed by atoms with E-state index in [4.69, 9.17) is 23.2 Å². The average Bonchev–Trinajstić information content (AvgIpc) is 3.14. The molecule has 0 spiro atoms. The number of amides is 1. The molecule has 4 nitrogen and oxygen atoms in total. The molecule has 1 amide bonds. The van der Waals surface area contributed by atoms with Crippen molar-refractivity contribution in [2.75, 3.05) is 6.54 Å². The minimum absolute atomic E-state index is 0.208. The highest BCUT2D eigenvalue weighted by Gasteiger charge is 2.14. The van der Waals surface area contributed by atoms with E-state index >= 15 is 0 Å². The van der Waals surface area contributed by atoms with Gasteiger partial charge < -0.3 is 5.32 Å². The first-order chi connectivity index (χ1) is 14.0. The fourth-order valence-corrected chi connectivity index (χ4v) is 3.47. The van der Waals surface area contributed by atoms with Gasteiger partial charge in [-0.1, -0.05) is 41.4 Å². The summed E-state index contributed by atoms with van der Waals surface area (Å²) < 4.78 is 15.0. The zero-order valence-electron chi connectivity index (χ0n) is 15.2. The number of fused-ring (bicyclic) bond motifs is 1. The highest BCUT2D eigenvalue weighted by Crippen LogP contribution is 2.27. The molecule has 0 saturated carbocycles. The van der Waals surface area contributed by atoms with Crippen molar-refractivity contribution < 1.29 is 9.18 Å². The number of carbonyl (C=O) groups is 1. The second-order valence-electron chi connectivity index (χ2n) is 6.53.